The molecule has 2 aliphatic rings. The Bertz CT molecular complexity index is 1150. The topological polar surface area (TPSA) is 75.1 Å². The van der Waals surface area contributed by atoms with Crippen molar-refractivity contribution in [3.05, 3.63) is 53.5 Å². The van der Waals surface area contributed by atoms with Crippen molar-refractivity contribution in [2.75, 3.05) is 25.0 Å². The molecule has 8 heteroatoms. The summed E-state index contributed by atoms with van der Waals surface area (Å²) < 4.78 is 4.54. The first kappa shape index (κ1) is 21.0. The summed E-state index contributed by atoms with van der Waals surface area (Å²) in [4.78, 5) is 22.8. The maximum absolute atomic E-state index is 12.4. The summed E-state index contributed by atoms with van der Waals surface area (Å²) in [6.45, 7) is 7.78. The Morgan fingerprint density at radius 1 is 1.09 bits per heavy atom. The van der Waals surface area contributed by atoms with E-state index in [-0.39, 0.29) is 5.91 Å². The largest absolute Gasteiger partial charge is 0.349 e. The number of amides is 1. The minimum Gasteiger partial charge on any atom is -0.349 e. The molecule has 2 aromatic heterocycles. The Kier molecular flexibility index (Phi) is 5.89. The summed E-state index contributed by atoms with van der Waals surface area (Å²) in [5, 5.41) is 6.30. The molecule has 5 rings (SSSR count). The van der Waals surface area contributed by atoms with Crippen LogP contribution in [0.15, 0.2) is 41.4 Å². The lowest BCUT2D eigenvalue weighted by Gasteiger charge is -2.25. The van der Waals surface area contributed by atoms with Gasteiger partial charge < -0.3 is 15.2 Å². The van der Waals surface area contributed by atoms with Gasteiger partial charge in [-0.2, -0.15) is 0 Å². The summed E-state index contributed by atoms with van der Waals surface area (Å²) >= 11 is 1.82. The molecule has 0 unspecified atom stereocenters. The molecule has 0 saturated carbocycles. The quantitative estimate of drug-likeness (QED) is 0.558. The highest BCUT2D eigenvalue weighted by molar-refractivity contribution is 7.97. The van der Waals surface area contributed by atoms with Crippen LogP contribution >= 0.6 is 11.9 Å². The summed E-state index contributed by atoms with van der Waals surface area (Å²) in [6.07, 6.45) is 5.65. The number of hydrogen-bond acceptors (Lipinski definition) is 6. The highest BCUT2D eigenvalue weighted by Gasteiger charge is 2.26. The van der Waals surface area contributed by atoms with Gasteiger partial charge in [-0.25, -0.2) is 14.3 Å². The van der Waals surface area contributed by atoms with Gasteiger partial charge in [0, 0.05) is 54.2 Å². The summed E-state index contributed by atoms with van der Waals surface area (Å²) in [6, 6.07) is 10.3. The van der Waals surface area contributed by atoms with Crippen molar-refractivity contribution in [2.45, 2.75) is 44.6 Å². The molecule has 3 aromatic rings. The number of anilines is 2. The Morgan fingerprint density at radius 2 is 1.94 bits per heavy atom. The summed E-state index contributed by atoms with van der Waals surface area (Å²) in [7, 11) is 0. The molecule has 0 spiro atoms. The molecular weight excluding hydrogens is 420 g/mol. The Hall–Kier alpha value is -2.84. The maximum Gasteiger partial charge on any atom is 0.268 e. The second-order valence-electron chi connectivity index (χ2n) is 8.34. The lowest BCUT2D eigenvalue weighted by molar-refractivity contribution is 0.0926. The molecular formula is C24H28N6OS. The zero-order valence-corrected chi connectivity index (χ0v) is 19.3. The molecule has 7 nitrogen and oxygen atoms in total. The number of carbonyl (C=O) groups excluding carboxylic acids is 1. The molecule has 32 heavy (non-hydrogen) atoms. The predicted molar refractivity (Wildman–Crippen MR) is 128 cm³/mol. The van der Waals surface area contributed by atoms with Crippen LogP contribution in [-0.2, 0) is 6.54 Å². The van der Waals surface area contributed by atoms with Gasteiger partial charge in [-0.3, -0.25) is 4.79 Å². The normalized spacial score (nSPS) is 16.5. The molecule has 0 bridgehead atoms. The van der Waals surface area contributed by atoms with E-state index in [2.05, 4.69) is 49.6 Å². The second kappa shape index (κ2) is 8.96. The van der Waals surface area contributed by atoms with Crippen molar-refractivity contribution in [1.82, 2.24) is 24.2 Å². The fraction of sp³-hybridized carbons (Fsp3) is 0.375. The molecule has 1 amide bonds. The van der Waals surface area contributed by atoms with E-state index >= 15 is 0 Å². The minimum absolute atomic E-state index is 0.0153. The van der Waals surface area contributed by atoms with Crippen LogP contribution < -0.4 is 10.6 Å². The monoisotopic (exact) mass is 448 g/mol. The number of nitrogens with one attached hydrogen (secondary N) is 2. The minimum atomic E-state index is -0.0153. The highest BCUT2D eigenvalue weighted by Crippen LogP contribution is 2.33. The average Bonchev–Trinajstić information content (AvgIpc) is 3.06. The van der Waals surface area contributed by atoms with Gasteiger partial charge in [-0.15, -0.1) is 0 Å². The number of rotatable bonds is 5. The molecule has 4 heterocycles. The number of nitrogens with zero attached hydrogens (tertiary/aromatic N) is 4. The third-order valence-electron chi connectivity index (χ3n) is 6.15. The average molecular weight is 449 g/mol. The smallest absolute Gasteiger partial charge is 0.268 e. The van der Waals surface area contributed by atoms with E-state index in [1.54, 1.807) is 6.20 Å². The lowest BCUT2D eigenvalue weighted by atomic mass is 10.1. The van der Waals surface area contributed by atoms with Crippen molar-refractivity contribution in [3.63, 3.8) is 0 Å². The van der Waals surface area contributed by atoms with Crippen LogP contribution in [0.1, 0.15) is 41.0 Å². The van der Waals surface area contributed by atoms with Gasteiger partial charge in [0.25, 0.3) is 5.91 Å². The number of hydrogen-bond donors (Lipinski definition) is 2. The Labute approximate surface area is 192 Å². The van der Waals surface area contributed by atoms with Crippen molar-refractivity contribution < 1.29 is 4.79 Å². The van der Waals surface area contributed by atoms with Crippen molar-refractivity contribution in [1.29, 1.82) is 0 Å². The summed E-state index contributed by atoms with van der Waals surface area (Å²) in [5.74, 6) is 0.536. The molecule has 0 atom stereocenters. The Morgan fingerprint density at radius 3 is 2.75 bits per heavy atom. The molecule has 166 valence electrons. The van der Waals surface area contributed by atoms with Crippen LogP contribution in [0.2, 0.25) is 0 Å². The fourth-order valence-electron chi connectivity index (χ4n) is 4.63. The van der Waals surface area contributed by atoms with Crippen molar-refractivity contribution in [3.8, 4) is 11.3 Å². The summed E-state index contributed by atoms with van der Waals surface area (Å²) in [5.41, 5.74) is 5.57. The van der Waals surface area contributed by atoms with Crippen LogP contribution in [0.3, 0.4) is 0 Å². The lowest BCUT2D eigenvalue weighted by Crippen LogP contribution is -2.35. The van der Waals surface area contributed by atoms with E-state index in [0.717, 1.165) is 53.5 Å². The van der Waals surface area contributed by atoms with E-state index in [1.165, 1.54) is 24.2 Å². The van der Waals surface area contributed by atoms with E-state index in [0.29, 0.717) is 12.5 Å². The first-order valence-electron chi connectivity index (χ1n) is 11.2. The van der Waals surface area contributed by atoms with E-state index in [4.69, 9.17) is 4.98 Å². The van der Waals surface area contributed by atoms with Gasteiger partial charge in [0.15, 0.2) is 0 Å². The van der Waals surface area contributed by atoms with Gasteiger partial charge in [0.1, 0.15) is 5.69 Å². The van der Waals surface area contributed by atoms with Crippen LogP contribution in [-0.4, -0.2) is 44.4 Å². The van der Waals surface area contributed by atoms with Crippen LogP contribution in [0, 0.1) is 13.8 Å². The molecule has 1 aromatic carbocycles. The molecule has 2 aliphatic heterocycles. The molecule has 2 N–H and O–H groups in total. The van der Waals surface area contributed by atoms with Crippen molar-refractivity contribution in [2.24, 2.45) is 0 Å². The van der Waals surface area contributed by atoms with E-state index in [1.807, 2.05) is 31.0 Å². The van der Waals surface area contributed by atoms with Crippen LogP contribution in [0.5, 0.6) is 0 Å². The first-order valence-corrected chi connectivity index (χ1v) is 12.0. The molecule has 1 fully saturated rings. The molecule has 0 aliphatic carbocycles. The zero-order valence-electron chi connectivity index (χ0n) is 18.5. The van der Waals surface area contributed by atoms with E-state index < -0.39 is 0 Å². The zero-order chi connectivity index (χ0) is 22.1. The first-order chi connectivity index (χ1) is 15.6. The SMILES string of the molecule is Cc1c(-c2ccnc(Nc3cccc(SN4CCCCC4)c3)n2)c(C)n2c1C(=O)NCC2. The van der Waals surface area contributed by atoms with Gasteiger partial charge in [0.2, 0.25) is 5.95 Å². The second-order valence-corrected chi connectivity index (χ2v) is 9.51. The Balaban J connectivity index is 1.39. The van der Waals surface area contributed by atoms with Gasteiger partial charge in [0.05, 0.1) is 5.69 Å². The van der Waals surface area contributed by atoms with Crippen LogP contribution in [0.25, 0.3) is 11.3 Å². The predicted octanol–water partition coefficient (Wildman–Crippen LogP) is 4.54. The maximum atomic E-state index is 12.4. The number of aromatic nitrogens is 3. The number of piperidine rings is 1. The number of carbonyl (C=O) groups is 1. The fourth-order valence-corrected chi connectivity index (χ4v) is 5.69. The van der Waals surface area contributed by atoms with Crippen molar-refractivity contribution >= 4 is 29.5 Å². The van der Waals surface area contributed by atoms with Crippen LogP contribution in [0.4, 0.5) is 11.6 Å². The third-order valence-corrected chi connectivity index (χ3v) is 7.24. The van der Waals surface area contributed by atoms with E-state index in [9.17, 15) is 4.79 Å². The van der Waals surface area contributed by atoms with Gasteiger partial charge in [-0.05, 0) is 68.5 Å². The number of fused-ring (bicyclic) bond motifs is 1. The highest BCUT2D eigenvalue weighted by atomic mass is 32.2. The molecule has 1 saturated heterocycles. The van der Waals surface area contributed by atoms with Gasteiger partial charge in [-0.1, -0.05) is 12.5 Å². The number of benzene rings is 1. The molecule has 0 radical (unpaired) electrons. The third kappa shape index (κ3) is 4.12. The standard InChI is InChI=1S/C24H28N6OS/c1-16-21(17(2)30-14-11-25-23(31)22(16)30)20-9-10-26-24(28-20)27-18-7-6-8-19(15-18)32-29-12-4-3-5-13-29/h6-10,15H,3-5,11-14H2,1-2H3,(H,25,31)(H,26,27,28). The van der Waals surface area contributed by atoms with Gasteiger partial charge >= 0.3 is 0 Å².